The maximum absolute atomic E-state index is 2.49. The molecule has 0 unspecified atom stereocenters. The minimum atomic E-state index is 1.13. The first kappa shape index (κ1) is 53.8. The molecule has 0 heteroatoms. The highest BCUT2D eigenvalue weighted by Gasteiger charge is 2.22. The minimum absolute atomic E-state index is 1.13. The molecule has 1 aliphatic carbocycles. The zero-order valence-electron chi connectivity index (χ0n) is 51.7. The summed E-state index contributed by atoms with van der Waals surface area (Å²) in [7, 11) is 0. The number of rotatable bonds is 6. The molecule has 20 rings (SSSR count). The summed E-state index contributed by atoms with van der Waals surface area (Å²) in [5.74, 6) is 0. The van der Waals surface area contributed by atoms with E-state index in [0.29, 0.717) is 0 Å². The van der Waals surface area contributed by atoms with Crippen LogP contribution in [0.25, 0.3) is 185 Å². The van der Waals surface area contributed by atoms with Crippen molar-refractivity contribution in [3.05, 3.63) is 351 Å². The number of aryl methyl sites for hydroxylation is 2. The molecule has 0 aromatic heterocycles. The first-order valence-electron chi connectivity index (χ1n) is 33.0. The van der Waals surface area contributed by atoms with E-state index in [9.17, 15) is 0 Å². The fourth-order valence-corrected chi connectivity index (χ4v) is 16.1. The molecule has 0 bridgehead atoms. The van der Waals surface area contributed by atoms with Crippen LogP contribution in [0.4, 0.5) is 0 Å². The highest BCUT2D eigenvalue weighted by Crippen LogP contribution is 2.48. The summed E-state index contributed by atoms with van der Waals surface area (Å²) in [6.45, 7) is 0. The molecule has 436 valence electrons. The summed E-state index contributed by atoms with van der Waals surface area (Å²) >= 11 is 0. The van der Waals surface area contributed by atoms with Gasteiger partial charge in [-0.3, -0.25) is 0 Å². The van der Waals surface area contributed by atoms with Gasteiger partial charge >= 0.3 is 0 Å². The molecule has 94 heavy (non-hydrogen) atoms. The normalized spacial score (nSPS) is 12.2. The Balaban J connectivity index is 0.000000134. The number of fused-ring (bicyclic) bond motifs is 12. The summed E-state index contributed by atoms with van der Waals surface area (Å²) < 4.78 is 0. The Morgan fingerprint density at radius 2 is 0.457 bits per heavy atom. The average Bonchev–Trinajstić information content (AvgIpc) is 1.10. The third kappa shape index (κ3) is 8.90. The third-order valence-corrected chi connectivity index (χ3v) is 20.4. The zero-order valence-corrected chi connectivity index (χ0v) is 51.7. The molecule has 0 saturated carbocycles. The van der Waals surface area contributed by atoms with Crippen LogP contribution in [0.1, 0.15) is 11.1 Å². The van der Waals surface area contributed by atoms with Crippen LogP contribution in [0.5, 0.6) is 0 Å². The zero-order chi connectivity index (χ0) is 61.8. The predicted octanol–water partition coefficient (Wildman–Crippen LogP) is 26.2. The van der Waals surface area contributed by atoms with Gasteiger partial charge in [-0.25, -0.2) is 0 Å². The molecule has 0 spiro atoms. The van der Waals surface area contributed by atoms with Crippen LogP contribution in [-0.2, 0) is 12.8 Å². The Morgan fingerprint density at radius 3 is 1.01 bits per heavy atom. The molecule has 0 fully saturated rings. The van der Waals surface area contributed by atoms with Crippen molar-refractivity contribution in [3.8, 4) is 66.8 Å². The van der Waals surface area contributed by atoms with Gasteiger partial charge in [0.25, 0.3) is 0 Å². The predicted molar refractivity (Wildman–Crippen MR) is 405 cm³/mol. The van der Waals surface area contributed by atoms with E-state index >= 15 is 0 Å². The van der Waals surface area contributed by atoms with Crippen LogP contribution in [-0.4, -0.2) is 0 Å². The summed E-state index contributed by atoms with van der Waals surface area (Å²) in [5, 5.41) is 28.6. The van der Waals surface area contributed by atoms with Crippen LogP contribution in [0.15, 0.2) is 340 Å². The van der Waals surface area contributed by atoms with Gasteiger partial charge in [-0.05, 0) is 264 Å². The minimum Gasteiger partial charge on any atom is -0.0616 e. The van der Waals surface area contributed by atoms with Gasteiger partial charge in [0.05, 0.1) is 0 Å². The Labute approximate surface area is 545 Å². The van der Waals surface area contributed by atoms with E-state index in [1.807, 2.05) is 0 Å². The van der Waals surface area contributed by atoms with E-state index < -0.39 is 0 Å². The Bertz CT molecular complexity index is 6300. The van der Waals surface area contributed by atoms with Crippen molar-refractivity contribution in [1.29, 1.82) is 0 Å². The quantitative estimate of drug-likeness (QED) is 0.115. The first-order chi connectivity index (χ1) is 46.6. The molecular weight excluding hydrogens is 1130 g/mol. The maximum atomic E-state index is 2.49. The second kappa shape index (κ2) is 21.9. The van der Waals surface area contributed by atoms with Crippen LogP contribution >= 0.6 is 0 Å². The second-order valence-electron chi connectivity index (χ2n) is 25.7. The monoisotopic (exact) mass is 1190 g/mol. The molecule has 0 atom stereocenters. The molecule has 0 radical (unpaired) electrons. The highest BCUT2D eigenvalue weighted by atomic mass is 14.3. The standard InChI is InChI=1S/C48H30.C46H30/c1-2-14-33-28-37(25-24-31(33)12-1)48-42-22-9-7-20-40(42)47(41-21-8-10-23-43(41)48)36-17-11-16-35(29-36)46-39-19-6-4-15-34(39)30-45-38-18-5-3-13-32(38)26-27-44(45)46;1-2-8-31-23-34(17-15-29(31)7-1)32-11-5-12-33(24-32)35-18-19-37-26-39(22-20-36(37)25-35)46-41-13-4-3-9-38(41)27-43-42-14-6-10-30-16-21-40(45(30)42)28-44(43)46/h1-30H;1-15,17-20,22-28H,16,21H2. The number of benzene rings is 19. The lowest BCUT2D eigenvalue weighted by Crippen LogP contribution is -1.92. The van der Waals surface area contributed by atoms with Crippen molar-refractivity contribution in [2.24, 2.45) is 0 Å². The Hall–Kier alpha value is -12.0. The summed E-state index contributed by atoms with van der Waals surface area (Å²) in [5.41, 5.74) is 18.1. The number of hydrogen-bond acceptors (Lipinski definition) is 0. The molecule has 0 aliphatic heterocycles. The third-order valence-electron chi connectivity index (χ3n) is 20.4. The molecule has 0 heterocycles. The van der Waals surface area contributed by atoms with Crippen molar-refractivity contribution in [2.75, 3.05) is 0 Å². The topological polar surface area (TPSA) is 0 Å². The molecule has 0 amide bonds. The van der Waals surface area contributed by atoms with Crippen LogP contribution in [0.2, 0.25) is 0 Å². The Kier molecular flexibility index (Phi) is 12.5. The van der Waals surface area contributed by atoms with Gasteiger partial charge in [0.1, 0.15) is 0 Å². The van der Waals surface area contributed by atoms with Gasteiger partial charge in [0.15, 0.2) is 0 Å². The lowest BCUT2D eigenvalue weighted by molar-refractivity contribution is 1.03. The smallest absolute Gasteiger partial charge is 0.00262 e. The van der Waals surface area contributed by atoms with Gasteiger partial charge in [-0.1, -0.05) is 285 Å². The van der Waals surface area contributed by atoms with Crippen molar-refractivity contribution in [2.45, 2.75) is 12.8 Å². The van der Waals surface area contributed by atoms with Gasteiger partial charge in [-0.15, -0.1) is 0 Å². The summed E-state index contributed by atoms with van der Waals surface area (Å²) in [6, 6.07) is 126. The summed E-state index contributed by atoms with van der Waals surface area (Å²) in [6.07, 6.45) is 2.27. The molecule has 19 aromatic rings. The van der Waals surface area contributed by atoms with Gasteiger partial charge in [0, 0.05) is 0 Å². The fraction of sp³-hybridized carbons (Fsp3) is 0.0213. The van der Waals surface area contributed by atoms with E-state index in [0.717, 1.165) is 12.8 Å². The van der Waals surface area contributed by atoms with Gasteiger partial charge in [-0.2, -0.15) is 0 Å². The summed E-state index contributed by atoms with van der Waals surface area (Å²) in [4.78, 5) is 0. The van der Waals surface area contributed by atoms with E-state index in [1.54, 1.807) is 0 Å². The molecule has 0 nitrogen and oxygen atoms in total. The van der Waals surface area contributed by atoms with Crippen LogP contribution in [0.3, 0.4) is 0 Å². The average molecular weight is 1190 g/mol. The molecule has 1 aliphatic rings. The van der Waals surface area contributed by atoms with E-state index in [-0.39, 0.29) is 0 Å². The Morgan fingerprint density at radius 1 is 0.138 bits per heavy atom. The first-order valence-corrected chi connectivity index (χ1v) is 33.0. The SMILES string of the molecule is c1cc(-c2c3ccccc3c(-c3ccc4ccccc4c3)c3ccccc23)cc(-c2c3ccccc3cc3c2ccc2ccccc23)c1.c1cc(-c2ccc3ccccc3c2)cc(-c2ccc3cc(-c4c5ccccc5cc5c4cc4c6c(cccc65)CC4)ccc3c2)c1. The number of hydrogen-bond donors (Lipinski definition) is 0. The van der Waals surface area contributed by atoms with Crippen molar-refractivity contribution < 1.29 is 0 Å². The van der Waals surface area contributed by atoms with Crippen LogP contribution in [0, 0.1) is 0 Å². The molecule has 19 aromatic carbocycles. The van der Waals surface area contributed by atoms with E-state index in [1.165, 1.54) is 196 Å². The molecule has 0 N–H and O–H groups in total. The fourth-order valence-electron chi connectivity index (χ4n) is 16.1. The van der Waals surface area contributed by atoms with Gasteiger partial charge < -0.3 is 0 Å². The molecular formula is C94H60. The lowest BCUT2D eigenvalue weighted by atomic mass is 9.84. The van der Waals surface area contributed by atoms with Crippen LogP contribution < -0.4 is 0 Å². The maximum Gasteiger partial charge on any atom is -0.00262 e. The largest absolute Gasteiger partial charge is 0.0616 e. The van der Waals surface area contributed by atoms with E-state index in [2.05, 4.69) is 340 Å². The van der Waals surface area contributed by atoms with Crippen molar-refractivity contribution in [1.82, 2.24) is 0 Å². The van der Waals surface area contributed by atoms with E-state index in [4.69, 9.17) is 0 Å². The second-order valence-corrected chi connectivity index (χ2v) is 25.7. The lowest BCUT2D eigenvalue weighted by Gasteiger charge is -2.19. The van der Waals surface area contributed by atoms with Crippen molar-refractivity contribution >= 4 is 118 Å². The molecule has 0 saturated heterocycles. The van der Waals surface area contributed by atoms with Crippen molar-refractivity contribution in [3.63, 3.8) is 0 Å². The van der Waals surface area contributed by atoms with Gasteiger partial charge in [0.2, 0.25) is 0 Å². The highest BCUT2D eigenvalue weighted by molar-refractivity contribution is 6.25.